The molecule has 6 heteroatoms. The highest BCUT2D eigenvalue weighted by Gasteiger charge is 2.09. The Hall–Kier alpha value is -1.14. The highest BCUT2D eigenvalue weighted by molar-refractivity contribution is 5.77. The van der Waals surface area contributed by atoms with Gasteiger partial charge in [0.1, 0.15) is 13.2 Å². The summed E-state index contributed by atoms with van der Waals surface area (Å²) in [6.07, 6.45) is 0.0827. The summed E-state index contributed by atoms with van der Waals surface area (Å²) in [6.45, 7) is 1.97. The van der Waals surface area contributed by atoms with Crippen LogP contribution in [0.1, 0.15) is 12.8 Å². The fraction of sp³-hybridized carbons (Fsp3) is 0.800. The topological polar surface area (TPSA) is 71.1 Å². The van der Waals surface area contributed by atoms with Gasteiger partial charge in [-0.05, 0) is 0 Å². The first-order valence-corrected chi connectivity index (χ1v) is 5.26. The number of rotatable bonds is 0. The lowest BCUT2D eigenvalue weighted by molar-refractivity contribution is -0.152. The summed E-state index contributed by atoms with van der Waals surface area (Å²) in [5.74, 6) is -0.817. The Morgan fingerprint density at radius 3 is 1.44 bits per heavy atom. The number of hydrogen-bond donors (Lipinski definition) is 0. The molecule has 0 aliphatic carbocycles. The van der Waals surface area contributed by atoms with Gasteiger partial charge in [-0.15, -0.1) is 0 Å². The summed E-state index contributed by atoms with van der Waals surface area (Å²) in [7, 11) is 0. The first kappa shape index (κ1) is 12.9. The fourth-order valence-electron chi connectivity index (χ4n) is 1.10. The quantitative estimate of drug-likeness (QED) is 0.543. The monoisotopic (exact) mass is 232 g/mol. The van der Waals surface area contributed by atoms with E-state index in [1.165, 1.54) is 0 Å². The van der Waals surface area contributed by atoms with Crippen LogP contribution in [-0.2, 0) is 28.5 Å². The molecule has 0 atom stereocenters. The average molecular weight is 232 g/mol. The Morgan fingerprint density at radius 1 is 0.625 bits per heavy atom. The van der Waals surface area contributed by atoms with Crippen molar-refractivity contribution in [3.05, 3.63) is 0 Å². The minimum atomic E-state index is -0.408. The molecule has 0 aromatic heterocycles. The molecule has 1 aliphatic heterocycles. The zero-order valence-corrected chi connectivity index (χ0v) is 9.11. The molecule has 1 fully saturated rings. The summed E-state index contributed by atoms with van der Waals surface area (Å²) in [5.41, 5.74) is 0. The molecule has 0 amide bonds. The summed E-state index contributed by atoms with van der Waals surface area (Å²) >= 11 is 0. The lowest BCUT2D eigenvalue weighted by Crippen LogP contribution is -2.17. The third-order valence-corrected chi connectivity index (χ3v) is 1.89. The van der Waals surface area contributed by atoms with E-state index < -0.39 is 11.9 Å². The van der Waals surface area contributed by atoms with Crippen molar-refractivity contribution in [1.82, 2.24) is 0 Å². The van der Waals surface area contributed by atoms with Gasteiger partial charge in [0.15, 0.2) is 0 Å². The van der Waals surface area contributed by atoms with Crippen LogP contribution in [0.2, 0.25) is 0 Å². The molecule has 16 heavy (non-hydrogen) atoms. The van der Waals surface area contributed by atoms with Crippen LogP contribution in [0.25, 0.3) is 0 Å². The van der Waals surface area contributed by atoms with E-state index >= 15 is 0 Å². The number of carbonyl (C=O) groups excluding carboxylic acids is 2. The maximum atomic E-state index is 11.1. The Morgan fingerprint density at radius 2 is 1.00 bits per heavy atom. The maximum Gasteiger partial charge on any atom is 0.306 e. The Bertz CT molecular complexity index is 203. The normalized spacial score (nSPS) is 21.8. The van der Waals surface area contributed by atoms with E-state index in [4.69, 9.17) is 18.9 Å². The van der Waals surface area contributed by atoms with Crippen molar-refractivity contribution >= 4 is 11.9 Å². The zero-order valence-electron chi connectivity index (χ0n) is 9.11. The van der Waals surface area contributed by atoms with E-state index in [1.807, 2.05) is 0 Å². The predicted molar refractivity (Wildman–Crippen MR) is 52.8 cm³/mol. The van der Waals surface area contributed by atoms with Crippen molar-refractivity contribution < 1.29 is 28.5 Å². The van der Waals surface area contributed by atoms with E-state index in [9.17, 15) is 9.59 Å². The molecule has 0 spiro atoms. The van der Waals surface area contributed by atoms with E-state index in [0.717, 1.165) is 0 Å². The first-order valence-electron chi connectivity index (χ1n) is 5.26. The SMILES string of the molecule is O=C1CCC(=O)OCCOCCOCCO1. The van der Waals surface area contributed by atoms with Gasteiger partial charge in [-0.3, -0.25) is 9.59 Å². The van der Waals surface area contributed by atoms with Crippen LogP contribution in [0.3, 0.4) is 0 Å². The summed E-state index contributed by atoms with van der Waals surface area (Å²) in [6, 6.07) is 0. The van der Waals surface area contributed by atoms with E-state index in [0.29, 0.717) is 26.4 Å². The molecular formula is C10H16O6. The predicted octanol–water partition coefficient (Wildman–Crippen LogP) is -0.100. The third-order valence-electron chi connectivity index (χ3n) is 1.89. The Kier molecular flexibility index (Phi) is 6.52. The smallest absolute Gasteiger partial charge is 0.306 e. The number of cyclic esters (lactones) is 2. The molecule has 0 aromatic rings. The zero-order chi connectivity index (χ0) is 11.6. The molecular weight excluding hydrogens is 216 g/mol. The average Bonchev–Trinajstić information content (AvgIpc) is 2.28. The van der Waals surface area contributed by atoms with Crippen molar-refractivity contribution in [2.24, 2.45) is 0 Å². The number of carbonyl (C=O) groups is 2. The van der Waals surface area contributed by atoms with Gasteiger partial charge in [0.2, 0.25) is 0 Å². The van der Waals surface area contributed by atoms with Crippen LogP contribution in [-0.4, -0.2) is 51.6 Å². The second-order valence-corrected chi connectivity index (χ2v) is 3.17. The molecule has 6 nitrogen and oxygen atoms in total. The number of hydrogen-bond acceptors (Lipinski definition) is 6. The van der Waals surface area contributed by atoms with Crippen LogP contribution in [0, 0.1) is 0 Å². The van der Waals surface area contributed by atoms with Crippen molar-refractivity contribution in [3.8, 4) is 0 Å². The summed E-state index contributed by atoms with van der Waals surface area (Å²) in [5, 5.41) is 0. The number of ether oxygens (including phenoxy) is 4. The van der Waals surface area contributed by atoms with E-state index in [1.54, 1.807) is 0 Å². The van der Waals surface area contributed by atoms with Crippen LogP contribution < -0.4 is 0 Å². The van der Waals surface area contributed by atoms with E-state index in [2.05, 4.69) is 0 Å². The Labute approximate surface area is 93.8 Å². The summed E-state index contributed by atoms with van der Waals surface area (Å²) in [4.78, 5) is 22.2. The highest BCUT2D eigenvalue weighted by atomic mass is 16.6. The molecule has 1 saturated heterocycles. The minimum absolute atomic E-state index is 0.0414. The van der Waals surface area contributed by atoms with Gasteiger partial charge in [0, 0.05) is 0 Å². The van der Waals surface area contributed by atoms with Gasteiger partial charge in [-0.1, -0.05) is 0 Å². The van der Waals surface area contributed by atoms with Crippen LogP contribution in [0.5, 0.6) is 0 Å². The van der Waals surface area contributed by atoms with Gasteiger partial charge in [-0.25, -0.2) is 0 Å². The second kappa shape index (κ2) is 8.06. The molecule has 92 valence electrons. The maximum absolute atomic E-state index is 11.1. The molecule has 0 radical (unpaired) electrons. The van der Waals surface area contributed by atoms with Gasteiger partial charge >= 0.3 is 11.9 Å². The third kappa shape index (κ3) is 6.36. The lowest BCUT2D eigenvalue weighted by Gasteiger charge is -2.09. The largest absolute Gasteiger partial charge is 0.463 e. The molecule has 1 heterocycles. The highest BCUT2D eigenvalue weighted by Crippen LogP contribution is 1.97. The molecule has 0 N–H and O–H groups in total. The van der Waals surface area contributed by atoms with Crippen LogP contribution in [0.4, 0.5) is 0 Å². The fourth-order valence-corrected chi connectivity index (χ4v) is 1.10. The summed E-state index contributed by atoms with van der Waals surface area (Å²) < 4.78 is 19.9. The Balaban J connectivity index is 2.25. The van der Waals surface area contributed by atoms with Gasteiger partial charge in [-0.2, -0.15) is 0 Å². The lowest BCUT2D eigenvalue weighted by atomic mass is 10.3. The van der Waals surface area contributed by atoms with Gasteiger partial charge in [0.05, 0.1) is 39.3 Å². The van der Waals surface area contributed by atoms with Crippen LogP contribution in [0.15, 0.2) is 0 Å². The molecule has 1 rings (SSSR count). The van der Waals surface area contributed by atoms with Crippen molar-refractivity contribution in [2.45, 2.75) is 12.8 Å². The van der Waals surface area contributed by atoms with Gasteiger partial charge < -0.3 is 18.9 Å². The first-order chi connectivity index (χ1) is 7.79. The van der Waals surface area contributed by atoms with Crippen LogP contribution >= 0.6 is 0 Å². The van der Waals surface area contributed by atoms with Crippen molar-refractivity contribution in [2.75, 3.05) is 39.6 Å². The molecule has 0 saturated carbocycles. The molecule has 0 unspecified atom stereocenters. The molecule has 0 bridgehead atoms. The molecule has 0 aromatic carbocycles. The van der Waals surface area contributed by atoms with Crippen molar-refractivity contribution in [1.29, 1.82) is 0 Å². The minimum Gasteiger partial charge on any atom is -0.463 e. The van der Waals surface area contributed by atoms with E-state index in [-0.39, 0.29) is 26.1 Å². The number of esters is 2. The second-order valence-electron chi connectivity index (χ2n) is 3.17. The molecule has 1 aliphatic rings. The van der Waals surface area contributed by atoms with Crippen molar-refractivity contribution in [3.63, 3.8) is 0 Å². The van der Waals surface area contributed by atoms with Gasteiger partial charge in [0.25, 0.3) is 0 Å². The standard InChI is InChI=1S/C10H16O6/c11-9-1-2-10(12)16-8-6-14-4-3-13-5-7-15-9/h1-8H2.